The fourth-order valence-corrected chi connectivity index (χ4v) is 2.36. The van der Waals surface area contributed by atoms with Crippen molar-refractivity contribution in [3.63, 3.8) is 0 Å². The van der Waals surface area contributed by atoms with E-state index in [0.29, 0.717) is 5.71 Å². The number of carbonyl (C=O) groups excluding carboxylic acids is 1. The summed E-state index contributed by atoms with van der Waals surface area (Å²) < 4.78 is 0. The topological polar surface area (TPSA) is 81.9 Å². The van der Waals surface area contributed by atoms with Gasteiger partial charge in [-0.2, -0.15) is 5.10 Å². The molecule has 2 aromatic rings. The van der Waals surface area contributed by atoms with Crippen LogP contribution in [-0.2, 0) is 11.2 Å². The van der Waals surface area contributed by atoms with Gasteiger partial charge in [-0.15, -0.1) is 0 Å². The predicted octanol–water partition coefficient (Wildman–Crippen LogP) is 2.80. The standard InChI is InChI=1S/C18H20N2O3/c1-11-7-8-14(12(2)9-11)10-17(23)20-19-13(3)18-15(21)5-4-6-16(18)22/h4-9,21-22H,10H2,1-3H3,(H,20,23)/b19-13+. The van der Waals surface area contributed by atoms with Gasteiger partial charge in [-0.3, -0.25) is 4.79 Å². The zero-order valence-corrected chi connectivity index (χ0v) is 13.4. The lowest BCUT2D eigenvalue weighted by Crippen LogP contribution is -2.21. The number of amides is 1. The number of rotatable bonds is 4. The molecule has 0 bridgehead atoms. The molecule has 0 atom stereocenters. The van der Waals surface area contributed by atoms with Gasteiger partial charge < -0.3 is 10.2 Å². The number of nitrogens with zero attached hydrogens (tertiary/aromatic N) is 1. The third-order valence-corrected chi connectivity index (χ3v) is 3.58. The lowest BCUT2D eigenvalue weighted by Gasteiger charge is -2.08. The molecule has 0 aliphatic carbocycles. The van der Waals surface area contributed by atoms with Gasteiger partial charge in [0.15, 0.2) is 0 Å². The summed E-state index contributed by atoms with van der Waals surface area (Å²) in [5, 5.41) is 23.5. The summed E-state index contributed by atoms with van der Waals surface area (Å²) in [6.07, 6.45) is 0.218. The lowest BCUT2D eigenvalue weighted by atomic mass is 10.0. The van der Waals surface area contributed by atoms with Crippen molar-refractivity contribution in [3.8, 4) is 11.5 Å². The number of hydrogen-bond acceptors (Lipinski definition) is 4. The number of benzene rings is 2. The zero-order chi connectivity index (χ0) is 17.0. The maximum atomic E-state index is 12.0. The normalized spacial score (nSPS) is 11.3. The zero-order valence-electron chi connectivity index (χ0n) is 13.4. The number of hydrogen-bond donors (Lipinski definition) is 3. The number of aryl methyl sites for hydroxylation is 2. The Balaban J connectivity index is 2.08. The van der Waals surface area contributed by atoms with E-state index in [9.17, 15) is 15.0 Å². The lowest BCUT2D eigenvalue weighted by molar-refractivity contribution is -0.120. The van der Waals surface area contributed by atoms with Crippen molar-refractivity contribution in [2.75, 3.05) is 0 Å². The number of hydrazone groups is 1. The first-order valence-corrected chi connectivity index (χ1v) is 7.29. The molecule has 0 fully saturated rings. The van der Waals surface area contributed by atoms with Gasteiger partial charge in [0.05, 0.1) is 17.7 Å². The molecule has 0 aliphatic heterocycles. The maximum Gasteiger partial charge on any atom is 0.244 e. The van der Waals surface area contributed by atoms with Crippen molar-refractivity contribution in [2.24, 2.45) is 5.10 Å². The smallest absolute Gasteiger partial charge is 0.244 e. The van der Waals surface area contributed by atoms with Crippen LogP contribution < -0.4 is 5.43 Å². The molecule has 0 aromatic heterocycles. The van der Waals surface area contributed by atoms with E-state index in [1.165, 1.54) is 18.2 Å². The average Bonchev–Trinajstić information content (AvgIpc) is 2.48. The van der Waals surface area contributed by atoms with Crippen LogP contribution in [-0.4, -0.2) is 21.8 Å². The van der Waals surface area contributed by atoms with Crippen molar-refractivity contribution in [2.45, 2.75) is 27.2 Å². The van der Waals surface area contributed by atoms with Crippen LogP contribution in [0.1, 0.15) is 29.2 Å². The second-order valence-electron chi connectivity index (χ2n) is 5.51. The van der Waals surface area contributed by atoms with E-state index in [1.807, 2.05) is 32.0 Å². The first-order chi connectivity index (χ1) is 10.9. The van der Waals surface area contributed by atoms with Gasteiger partial charge in [0.25, 0.3) is 0 Å². The number of aromatic hydroxyl groups is 2. The van der Waals surface area contributed by atoms with Crippen LogP contribution in [0.15, 0.2) is 41.5 Å². The van der Waals surface area contributed by atoms with Gasteiger partial charge in [0, 0.05) is 0 Å². The van der Waals surface area contributed by atoms with Crippen LogP contribution in [0.3, 0.4) is 0 Å². The van der Waals surface area contributed by atoms with E-state index in [1.54, 1.807) is 6.92 Å². The Bertz CT molecular complexity index is 747. The molecule has 0 heterocycles. The second-order valence-corrected chi connectivity index (χ2v) is 5.51. The van der Waals surface area contributed by atoms with Crippen LogP contribution in [0.5, 0.6) is 11.5 Å². The van der Waals surface area contributed by atoms with Crippen molar-refractivity contribution < 1.29 is 15.0 Å². The summed E-state index contributed by atoms with van der Waals surface area (Å²) in [4.78, 5) is 12.0. The van der Waals surface area contributed by atoms with Crippen LogP contribution in [0.2, 0.25) is 0 Å². The van der Waals surface area contributed by atoms with Gasteiger partial charge >= 0.3 is 0 Å². The fourth-order valence-electron chi connectivity index (χ4n) is 2.36. The molecule has 2 rings (SSSR count). The van der Waals surface area contributed by atoms with E-state index in [0.717, 1.165) is 16.7 Å². The summed E-state index contributed by atoms with van der Waals surface area (Å²) in [5.74, 6) is -0.434. The van der Waals surface area contributed by atoms with Crippen molar-refractivity contribution in [3.05, 3.63) is 58.7 Å². The maximum absolute atomic E-state index is 12.0. The van der Waals surface area contributed by atoms with E-state index in [4.69, 9.17) is 0 Å². The molecule has 0 unspecified atom stereocenters. The first-order valence-electron chi connectivity index (χ1n) is 7.29. The highest BCUT2D eigenvalue weighted by molar-refractivity contribution is 6.03. The Hall–Kier alpha value is -2.82. The molecule has 23 heavy (non-hydrogen) atoms. The van der Waals surface area contributed by atoms with E-state index >= 15 is 0 Å². The van der Waals surface area contributed by atoms with E-state index < -0.39 is 0 Å². The average molecular weight is 312 g/mol. The third kappa shape index (κ3) is 4.10. The largest absolute Gasteiger partial charge is 0.507 e. The minimum absolute atomic E-state index is 0.0881. The van der Waals surface area contributed by atoms with Gasteiger partial charge in [0.2, 0.25) is 5.91 Å². The summed E-state index contributed by atoms with van der Waals surface area (Å²) >= 11 is 0. The quantitative estimate of drug-likeness (QED) is 0.600. The predicted molar refractivity (Wildman–Crippen MR) is 89.7 cm³/mol. The molecule has 2 aromatic carbocycles. The minimum Gasteiger partial charge on any atom is -0.507 e. The number of nitrogens with one attached hydrogen (secondary N) is 1. The van der Waals surface area contributed by atoms with Gasteiger partial charge in [-0.25, -0.2) is 5.43 Å². The van der Waals surface area contributed by atoms with Crippen molar-refractivity contribution >= 4 is 11.6 Å². The summed E-state index contributed by atoms with van der Waals surface area (Å²) in [6.45, 7) is 5.57. The minimum atomic E-state index is -0.258. The Morgan fingerprint density at radius 1 is 1.13 bits per heavy atom. The van der Waals surface area contributed by atoms with Crippen LogP contribution in [0.25, 0.3) is 0 Å². The van der Waals surface area contributed by atoms with Crippen molar-refractivity contribution in [1.82, 2.24) is 5.43 Å². The molecule has 0 radical (unpaired) electrons. The summed E-state index contributed by atoms with van der Waals surface area (Å²) in [5.41, 5.74) is 6.13. The molecular formula is C18H20N2O3. The fraction of sp³-hybridized carbons (Fsp3) is 0.222. The third-order valence-electron chi connectivity index (χ3n) is 3.58. The van der Waals surface area contributed by atoms with Crippen LogP contribution >= 0.6 is 0 Å². The molecular weight excluding hydrogens is 292 g/mol. The number of phenols is 2. The SMILES string of the molecule is C/C(=N\NC(=O)Cc1ccc(C)cc1C)c1c(O)cccc1O. The van der Waals surface area contributed by atoms with Crippen LogP contribution in [0, 0.1) is 13.8 Å². The Kier molecular flexibility index (Phi) is 5.01. The number of carbonyl (C=O) groups is 1. The van der Waals surface area contributed by atoms with Gasteiger partial charge in [0.1, 0.15) is 11.5 Å². The molecule has 0 saturated carbocycles. The van der Waals surface area contributed by atoms with Gasteiger partial charge in [-0.05, 0) is 44.0 Å². The number of phenolic OH excluding ortho intramolecular Hbond substituents is 2. The molecule has 1 amide bonds. The second kappa shape index (κ2) is 6.96. The highest BCUT2D eigenvalue weighted by Crippen LogP contribution is 2.26. The monoisotopic (exact) mass is 312 g/mol. The molecule has 0 aliphatic rings. The first kappa shape index (κ1) is 16.5. The van der Waals surface area contributed by atoms with Crippen LogP contribution in [0.4, 0.5) is 0 Å². The van der Waals surface area contributed by atoms with E-state index in [2.05, 4.69) is 10.5 Å². The molecule has 5 nitrogen and oxygen atoms in total. The summed E-state index contributed by atoms with van der Waals surface area (Å²) in [7, 11) is 0. The Morgan fingerprint density at radius 2 is 1.78 bits per heavy atom. The highest BCUT2D eigenvalue weighted by atomic mass is 16.3. The highest BCUT2D eigenvalue weighted by Gasteiger charge is 2.11. The van der Waals surface area contributed by atoms with E-state index in [-0.39, 0.29) is 29.4 Å². The molecule has 5 heteroatoms. The molecule has 0 spiro atoms. The van der Waals surface area contributed by atoms with Gasteiger partial charge in [-0.1, -0.05) is 29.8 Å². The van der Waals surface area contributed by atoms with Crippen molar-refractivity contribution in [1.29, 1.82) is 0 Å². The summed E-state index contributed by atoms with van der Waals surface area (Å²) in [6, 6.07) is 10.3. The Morgan fingerprint density at radius 3 is 2.39 bits per heavy atom. The molecule has 0 saturated heterocycles. The molecule has 3 N–H and O–H groups in total. The Labute approximate surface area is 135 Å². The molecule has 120 valence electrons.